The monoisotopic (exact) mass is 361 g/mol. The smallest absolute Gasteiger partial charge is 0.0670 e. The Kier molecular flexibility index (Phi) is 4.88. The molecule has 2 rings (SSSR count). The average molecular weight is 363 g/mol. The minimum absolute atomic E-state index is 0.503. The predicted octanol–water partition coefficient (Wildman–Crippen LogP) is 3.96. The molecule has 1 aromatic carbocycles. The second kappa shape index (κ2) is 6.21. The maximum atomic E-state index is 5.56. The molecule has 0 spiro atoms. The lowest BCUT2D eigenvalue weighted by atomic mass is 10.1. The van der Waals surface area contributed by atoms with E-state index in [1.807, 2.05) is 0 Å². The first-order chi connectivity index (χ1) is 8.26. The number of morpholine rings is 1. The summed E-state index contributed by atoms with van der Waals surface area (Å²) < 4.78 is 6.70. The van der Waals surface area contributed by atoms with Gasteiger partial charge in [0.25, 0.3) is 0 Å². The van der Waals surface area contributed by atoms with Crippen LogP contribution in [0, 0.1) is 0 Å². The van der Waals surface area contributed by atoms with Crippen LogP contribution >= 0.6 is 31.9 Å². The Morgan fingerprint density at radius 3 is 3.00 bits per heavy atom. The minimum atomic E-state index is 0.503. The van der Waals surface area contributed by atoms with Crippen LogP contribution in [0.2, 0.25) is 0 Å². The predicted molar refractivity (Wildman–Crippen MR) is 79.0 cm³/mol. The Balaban J connectivity index is 2.30. The zero-order valence-corrected chi connectivity index (χ0v) is 13.1. The van der Waals surface area contributed by atoms with Crippen LogP contribution in [-0.2, 0) is 10.1 Å². The normalized spacial score (nSPS) is 20.6. The molecule has 1 aliphatic heterocycles. The molecule has 0 aliphatic carbocycles. The van der Waals surface area contributed by atoms with E-state index in [1.54, 1.807) is 0 Å². The Morgan fingerprint density at radius 1 is 1.47 bits per heavy atom. The molecule has 1 aromatic rings. The minimum Gasteiger partial charge on any atom is -0.377 e. The number of alkyl halides is 1. The number of nitrogens with zero attached hydrogens (tertiary/aromatic N) is 1. The Labute approximate surface area is 120 Å². The molecule has 1 unspecified atom stereocenters. The van der Waals surface area contributed by atoms with Crippen molar-refractivity contribution in [2.45, 2.75) is 24.7 Å². The summed E-state index contributed by atoms with van der Waals surface area (Å²) >= 11 is 7.10. The first-order valence-corrected chi connectivity index (χ1v) is 7.86. The molecule has 1 saturated heterocycles. The molecule has 0 amide bonds. The summed E-state index contributed by atoms with van der Waals surface area (Å²) in [5.74, 6) is 0. The first kappa shape index (κ1) is 13.4. The molecule has 17 heavy (non-hydrogen) atoms. The molecule has 1 heterocycles. The molecular weight excluding hydrogens is 346 g/mol. The van der Waals surface area contributed by atoms with Gasteiger partial charge in [-0.2, -0.15) is 0 Å². The van der Waals surface area contributed by atoms with Crippen LogP contribution in [0.5, 0.6) is 0 Å². The van der Waals surface area contributed by atoms with Crippen LogP contribution in [0.4, 0.5) is 5.69 Å². The highest BCUT2D eigenvalue weighted by Gasteiger charge is 2.23. The van der Waals surface area contributed by atoms with Crippen molar-refractivity contribution in [2.24, 2.45) is 0 Å². The van der Waals surface area contributed by atoms with E-state index in [2.05, 4.69) is 61.9 Å². The molecular formula is C13H17Br2NO. The van der Waals surface area contributed by atoms with Gasteiger partial charge in [0.2, 0.25) is 0 Å². The number of anilines is 1. The van der Waals surface area contributed by atoms with Gasteiger partial charge in [0.15, 0.2) is 0 Å². The largest absolute Gasteiger partial charge is 0.377 e. The molecule has 0 bridgehead atoms. The van der Waals surface area contributed by atoms with Crippen LogP contribution in [-0.4, -0.2) is 25.8 Å². The molecule has 0 N–H and O–H groups in total. The summed E-state index contributed by atoms with van der Waals surface area (Å²) in [6.45, 7) is 4.88. The topological polar surface area (TPSA) is 12.5 Å². The summed E-state index contributed by atoms with van der Waals surface area (Å²) in [5, 5.41) is 0.884. The first-order valence-electron chi connectivity index (χ1n) is 5.95. The fourth-order valence-electron chi connectivity index (χ4n) is 2.25. The molecule has 1 aliphatic rings. The van der Waals surface area contributed by atoms with E-state index < -0.39 is 0 Å². The van der Waals surface area contributed by atoms with Crippen LogP contribution in [0.3, 0.4) is 0 Å². The van der Waals surface area contributed by atoms with Gasteiger partial charge in [0.1, 0.15) is 0 Å². The van der Waals surface area contributed by atoms with Crippen molar-refractivity contribution in [2.75, 3.05) is 24.7 Å². The molecule has 1 atom stereocenters. The molecule has 0 aromatic heterocycles. The molecule has 0 radical (unpaired) electrons. The van der Waals surface area contributed by atoms with Crippen LogP contribution < -0.4 is 4.90 Å². The number of rotatable bonds is 3. The van der Waals surface area contributed by atoms with Crippen molar-refractivity contribution < 1.29 is 4.74 Å². The highest BCUT2D eigenvalue weighted by molar-refractivity contribution is 9.10. The third-order valence-corrected chi connectivity index (χ3v) is 4.29. The molecule has 4 heteroatoms. The fourth-order valence-corrected chi connectivity index (χ4v) is 3.11. The maximum Gasteiger partial charge on any atom is 0.0670 e. The second-order valence-electron chi connectivity index (χ2n) is 4.24. The lowest BCUT2D eigenvalue weighted by molar-refractivity contribution is 0.0929. The highest BCUT2D eigenvalue weighted by atomic mass is 79.9. The zero-order chi connectivity index (χ0) is 12.3. The Morgan fingerprint density at radius 2 is 2.29 bits per heavy atom. The van der Waals surface area contributed by atoms with Gasteiger partial charge in [0.05, 0.1) is 19.3 Å². The number of halogens is 2. The van der Waals surface area contributed by atoms with Gasteiger partial charge in [-0.25, -0.2) is 0 Å². The van der Waals surface area contributed by atoms with E-state index in [4.69, 9.17) is 4.74 Å². The van der Waals surface area contributed by atoms with E-state index in [0.717, 1.165) is 36.0 Å². The van der Waals surface area contributed by atoms with Gasteiger partial charge in [-0.05, 0) is 30.2 Å². The Bertz CT molecular complexity index is 384. The third-order valence-electron chi connectivity index (χ3n) is 3.19. The second-order valence-corrected chi connectivity index (χ2v) is 5.71. The van der Waals surface area contributed by atoms with Gasteiger partial charge in [-0.1, -0.05) is 38.8 Å². The van der Waals surface area contributed by atoms with E-state index in [1.165, 1.54) is 11.3 Å². The van der Waals surface area contributed by atoms with E-state index in [9.17, 15) is 0 Å². The standard InChI is InChI=1S/C13H17Br2NO/c1-2-12-9-17-6-5-16(12)13-4-3-11(15)7-10(13)8-14/h3-4,7,12H,2,5-6,8-9H2,1H3. The number of ether oxygens (including phenoxy) is 1. The summed E-state index contributed by atoms with van der Waals surface area (Å²) in [7, 11) is 0. The molecule has 1 fully saturated rings. The Hall–Kier alpha value is -0.0600. The van der Waals surface area contributed by atoms with E-state index in [0.29, 0.717) is 6.04 Å². The highest BCUT2D eigenvalue weighted by Crippen LogP contribution is 2.29. The average Bonchev–Trinajstić information content (AvgIpc) is 2.38. The van der Waals surface area contributed by atoms with Crippen LogP contribution in [0.1, 0.15) is 18.9 Å². The van der Waals surface area contributed by atoms with Gasteiger partial charge >= 0.3 is 0 Å². The molecule has 2 nitrogen and oxygen atoms in total. The summed E-state index contributed by atoms with van der Waals surface area (Å²) in [6, 6.07) is 7.01. The van der Waals surface area contributed by atoms with Gasteiger partial charge in [0, 0.05) is 22.0 Å². The lowest BCUT2D eigenvalue weighted by Crippen LogP contribution is -2.45. The van der Waals surface area contributed by atoms with Crippen molar-refractivity contribution >= 4 is 37.5 Å². The van der Waals surface area contributed by atoms with Crippen molar-refractivity contribution in [3.05, 3.63) is 28.2 Å². The number of hydrogen-bond donors (Lipinski definition) is 0. The van der Waals surface area contributed by atoms with Crippen LogP contribution in [0.15, 0.2) is 22.7 Å². The summed E-state index contributed by atoms with van der Waals surface area (Å²) in [6.07, 6.45) is 1.12. The SMILES string of the molecule is CCC1COCCN1c1ccc(Br)cc1CBr. The maximum absolute atomic E-state index is 5.56. The summed E-state index contributed by atoms with van der Waals surface area (Å²) in [5.41, 5.74) is 2.67. The fraction of sp³-hybridized carbons (Fsp3) is 0.538. The summed E-state index contributed by atoms with van der Waals surface area (Å²) in [4.78, 5) is 2.48. The molecule has 94 valence electrons. The zero-order valence-electron chi connectivity index (χ0n) is 9.96. The van der Waals surface area contributed by atoms with Crippen molar-refractivity contribution in [3.63, 3.8) is 0 Å². The van der Waals surface area contributed by atoms with Gasteiger partial charge in [-0.15, -0.1) is 0 Å². The third kappa shape index (κ3) is 3.04. The van der Waals surface area contributed by atoms with E-state index in [-0.39, 0.29) is 0 Å². The van der Waals surface area contributed by atoms with Crippen LogP contribution in [0.25, 0.3) is 0 Å². The van der Waals surface area contributed by atoms with Gasteiger partial charge < -0.3 is 9.64 Å². The lowest BCUT2D eigenvalue weighted by Gasteiger charge is -2.38. The molecule has 0 saturated carbocycles. The number of hydrogen-bond acceptors (Lipinski definition) is 2. The van der Waals surface area contributed by atoms with E-state index >= 15 is 0 Å². The van der Waals surface area contributed by atoms with Gasteiger partial charge in [-0.3, -0.25) is 0 Å². The van der Waals surface area contributed by atoms with Crippen molar-refractivity contribution in [1.82, 2.24) is 0 Å². The van der Waals surface area contributed by atoms with Crippen molar-refractivity contribution in [1.29, 1.82) is 0 Å². The number of benzene rings is 1. The van der Waals surface area contributed by atoms with Crippen molar-refractivity contribution in [3.8, 4) is 0 Å². The quantitative estimate of drug-likeness (QED) is 0.754.